The lowest BCUT2D eigenvalue weighted by atomic mass is 10.5. The number of hydrogen-bond acceptors (Lipinski definition) is 2. The Morgan fingerprint density at radius 3 is 2.90 bits per heavy atom. The minimum absolute atomic E-state index is 0.392. The summed E-state index contributed by atoms with van der Waals surface area (Å²) < 4.78 is 20.7. The summed E-state index contributed by atoms with van der Waals surface area (Å²) in [6, 6.07) is 5.06. The van der Waals surface area contributed by atoms with Crippen LogP contribution in [0.15, 0.2) is 24.4 Å². The van der Waals surface area contributed by atoms with E-state index >= 15 is 0 Å². The van der Waals surface area contributed by atoms with Gasteiger partial charge in [-0.25, -0.2) is 9.19 Å². The molecule has 1 aromatic rings. The molecule has 4 nitrogen and oxygen atoms in total. The van der Waals surface area contributed by atoms with Crippen molar-refractivity contribution in [1.29, 1.82) is 0 Å². The van der Waals surface area contributed by atoms with E-state index in [1.807, 2.05) is 0 Å². The number of aromatic nitrogens is 1. The number of pyridine rings is 1. The molecule has 0 saturated carbocycles. The number of hydrogen-bond donors (Lipinski definition) is 2. The van der Waals surface area contributed by atoms with Gasteiger partial charge in [0.25, 0.3) is 11.3 Å². The van der Waals surface area contributed by atoms with E-state index in [9.17, 15) is 4.21 Å². The van der Waals surface area contributed by atoms with Crippen molar-refractivity contribution in [3.63, 3.8) is 0 Å². The molecule has 0 spiro atoms. The molecular weight excluding hydrogens is 152 g/mol. The van der Waals surface area contributed by atoms with E-state index in [-0.39, 0.29) is 0 Å². The zero-order valence-corrected chi connectivity index (χ0v) is 5.84. The Labute approximate surface area is 60.7 Å². The lowest BCUT2D eigenvalue weighted by molar-refractivity contribution is 0.570. The first kappa shape index (κ1) is 7.17. The molecule has 0 fully saturated rings. The summed E-state index contributed by atoms with van der Waals surface area (Å²) in [5, 5.41) is 0. The third kappa shape index (κ3) is 2.12. The Balaban J connectivity index is 2.67. The monoisotopic (exact) mass is 158 g/mol. The van der Waals surface area contributed by atoms with Gasteiger partial charge in [-0.15, -0.1) is 0 Å². The summed E-state index contributed by atoms with van der Waals surface area (Å²) in [6.07, 6.45) is 1.54. The predicted molar refractivity (Wildman–Crippen MR) is 38.6 cm³/mol. The van der Waals surface area contributed by atoms with Gasteiger partial charge in [0, 0.05) is 6.20 Å². The summed E-state index contributed by atoms with van der Waals surface area (Å²) in [6.45, 7) is 0. The van der Waals surface area contributed by atoms with E-state index < -0.39 is 11.3 Å². The van der Waals surface area contributed by atoms with Gasteiger partial charge in [0.05, 0.1) is 0 Å². The SMILES string of the molecule is O=S(O)Nc1ccccn1. The van der Waals surface area contributed by atoms with Crippen LogP contribution in [0.25, 0.3) is 0 Å². The minimum Gasteiger partial charge on any atom is -0.289 e. The maximum Gasteiger partial charge on any atom is 0.260 e. The van der Waals surface area contributed by atoms with Crippen molar-refractivity contribution in [2.75, 3.05) is 4.72 Å². The molecule has 0 aliphatic rings. The highest BCUT2D eigenvalue weighted by Crippen LogP contribution is 1.98. The Bertz CT molecular complexity index is 226. The largest absolute Gasteiger partial charge is 0.289 e. The summed E-state index contributed by atoms with van der Waals surface area (Å²) in [7, 11) is 0. The Hall–Kier alpha value is -0.940. The molecule has 0 radical (unpaired) electrons. The van der Waals surface area contributed by atoms with Gasteiger partial charge in [0.15, 0.2) is 0 Å². The summed E-state index contributed by atoms with van der Waals surface area (Å²) in [5.41, 5.74) is 0. The van der Waals surface area contributed by atoms with Crippen LogP contribution in [0.2, 0.25) is 0 Å². The molecule has 0 bridgehead atoms. The van der Waals surface area contributed by atoms with E-state index in [1.54, 1.807) is 18.2 Å². The maximum absolute atomic E-state index is 10.1. The average molecular weight is 158 g/mol. The molecule has 0 aromatic carbocycles. The fraction of sp³-hybridized carbons (Fsp3) is 0. The average Bonchev–Trinajstić information content (AvgIpc) is 1.88. The molecule has 54 valence electrons. The van der Waals surface area contributed by atoms with E-state index in [0.29, 0.717) is 5.82 Å². The van der Waals surface area contributed by atoms with Gasteiger partial charge in [0.2, 0.25) is 0 Å². The molecule has 1 aromatic heterocycles. The lowest BCUT2D eigenvalue weighted by Gasteiger charge is -1.96. The molecule has 0 saturated heterocycles. The van der Waals surface area contributed by atoms with Crippen molar-refractivity contribution >= 4 is 17.1 Å². The van der Waals surface area contributed by atoms with E-state index in [2.05, 4.69) is 9.71 Å². The third-order valence-corrected chi connectivity index (χ3v) is 1.24. The molecule has 0 aliphatic heterocycles. The standard InChI is InChI=1S/C5H6N2O2S/c8-10(9)7-5-3-1-2-4-6-5/h1-4H,(H,6,7)(H,8,9). The van der Waals surface area contributed by atoms with Gasteiger partial charge < -0.3 is 0 Å². The van der Waals surface area contributed by atoms with E-state index in [4.69, 9.17) is 4.55 Å². The molecule has 1 heterocycles. The Morgan fingerprint density at radius 2 is 2.40 bits per heavy atom. The second kappa shape index (κ2) is 3.28. The van der Waals surface area contributed by atoms with Crippen molar-refractivity contribution in [2.45, 2.75) is 0 Å². The van der Waals surface area contributed by atoms with Crippen LogP contribution in [-0.2, 0) is 11.3 Å². The first-order valence-corrected chi connectivity index (χ1v) is 3.68. The molecule has 10 heavy (non-hydrogen) atoms. The molecule has 1 unspecified atom stereocenters. The quantitative estimate of drug-likeness (QED) is 0.620. The number of rotatable bonds is 2. The van der Waals surface area contributed by atoms with Crippen LogP contribution >= 0.6 is 0 Å². The number of anilines is 1. The van der Waals surface area contributed by atoms with Crippen LogP contribution in [0.3, 0.4) is 0 Å². The van der Waals surface area contributed by atoms with Crippen molar-refractivity contribution in [2.24, 2.45) is 0 Å². The molecular formula is C5H6N2O2S. The minimum atomic E-state index is -2.03. The van der Waals surface area contributed by atoms with Gasteiger partial charge >= 0.3 is 0 Å². The fourth-order valence-corrected chi connectivity index (χ4v) is 0.812. The van der Waals surface area contributed by atoms with Gasteiger partial charge in [-0.3, -0.25) is 9.27 Å². The highest BCUT2D eigenvalue weighted by molar-refractivity contribution is 7.80. The van der Waals surface area contributed by atoms with Crippen molar-refractivity contribution in [3.8, 4) is 0 Å². The number of nitrogens with one attached hydrogen (secondary N) is 1. The fourth-order valence-electron chi connectivity index (χ4n) is 0.513. The van der Waals surface area contributed by atoms with Crippen LogP contribution in [0.5, 0.6) is 0 Å². The molecule has 0 aliphatic carbocycles. The second-order valence-corrected chi connectivity index (χ2v) is 2.27. The zero-order chi connectivity index (χ0) is 7.40. The molecule has 2 N–H and O–H groups in total. The number of nitrogens with zero attached hydrogens (tertiary/aromatic N) is 1. The van der Waals surface area contributed by atoms with Crippen LogP contribution < -0.4 is 4.72 Å². The maximum atomic E-state index is 10.1. The summed E-state index contributed by atoms with van der Waals surface area (Å²) >= 11 is -2.03. The van der Waals surface area contributed by atoms with Crippen LogP contribution in [-0.4, -0.2) is 13.7 Å². The van der Waals surface area contributed by atoms with E-state index in [1.165, 1.54) is 6.20 Å². The van der Waals surface area contributed by atoms with Crippen molar-refractivity contribution in [3.05, 3.63) is 24.4 Å². The topological polar surface area (TPSA) is 62.2 Å². The molecule has 1 atom stereocenters. The normalized spacial score (nSPS) is 12.5. The van der Waals surface area contributed by atoms with Crippen molar-refractivity contribution in [1.82, 2.24) is 4.98 Å². The highest BCUT2D eigenvalue weighted by atomic mass is 32.2. The van der Waals surface area contributed by atoms with Gasteiger partial charge in [-0.05, 0) is 12.1 Å². The van der Waals surface area contributed by atoms with Gasteiger partial charge in [0.1, 0.15) is 5.82 Å². The van der Waals surface area contributed by atoms with Gasteiger partial charge in [-0.1, -0.05) is 6.07 Å². The smallest absolute Gasteiger partial charge is 0.260 e. The Kier molecular flexibility index (Phi) is 2.35. The van der Waals surface area contributed by atoms with Crippen molar-refractivity contribution < 1.29 is 8.76 Å². The molecule has 1 rings (SSSR count). The van der Waals surface area contributed by atoms with Crippen LogP contribution in [0.4, 0.5) is 5.82 Å². The molecule has 5 heteroatoms. The second-order valence-electron chi connectivity index (χ2n) is 1.57. The first-order valence-electron chi connectivity index (χ1n) is 2.57. The predicted octanol–water partition coefficient (Wildman–Crippen LogP) is 0.630. The first-order chi connectivity index (χ1) is 4.79. The lowest BCUT2D eigenvalue weighted by Crippen LogP contribution is -2.02. The third-order valence-electron chi connectivity index (χ3n) is 0.857. The molecule has 0 amide bonds. The van der Waals surface area contributed by atoms with E-state index in [0.717, 1.165) is 0 Å². The van der Waals surface area contributed by atoms with Crippen LogP contribution in [0, 0.1) is 0 Å². The summed E-state index contributed by atoms with van der Waals surface area (Å²) in [4.78, 5) is 3.75. The zero-order valence-electron chi connectivity index (χ0n) is 5.02. The summed E-state index contributed by atoms with van der Waals surface area (Å²) in [5.74, 6) is 0.392. The Morgan fingerprint density at radius 1 is 1.60 bits per heavy atom. The van der Waals surface area contributed by atoms with Gasteiger partial charge in [-0.2, -0.15) is 0 Å². The highest BCUT2D eigenvalue weighted by Gasteiger charge is 1.92. The van der Waals surface area contributed by atoms with Crippen LogP contribution in [0.1, 0.15) is 0 Å².